The van der Waals surface area contributed by atoms with Crippen LogP contribution in [0.2, 0.25) is 0 Å². The van der Waals surface area contributed by atoms with Gasteiger partial charge in [0.25, 0.3) is 5.91 Å². The van der Waals surface area contributed by atoms with E-state index < -0.39 is 27.9 Å². The van der Waals surface area contributed by atoms with E-state index >= 15 is 0 Å². The van der Waals surface area contributed by atoms with Crippen molar-refractivity contribution in [1.82, 2.24) is 10.0 Å². The lowest BCUT2D eigenvalue weighted by Crippen LogP contribution is -2.41. The molecule has 0 heterocycles. The highest BCUT2D eigenvalue weighted by Gasteiger charge is 2.22. The number of carboxylic acid groups (broad SMARTS) is 1. The topological polar surface area (TPSA) is 113 Å². The maximum atomic E-state index is 12.3. The average Bonchev–Trinajstić information content (AvgIpc) is 2.46. The van der Waals surface area contributed by atoms with Crippen molar-refractivity contribution in [3.8, 4) is 0 Å². The van der Waals surface area contributed by atoms with E-state index in [1.54, 1.807) is 13.8 Å². The first-order valence-electron chi connectivity index (χ1n) is 7.36. The molecular formula is C15H22N2O5S. The van der Waals surface area contributed by atoms with Crippen LogP contribution in [-0.2, 0) is 14.8 Å². The van der Waals surface area contributed by atoms with E-state index in [2.05, 4.69) is 10.0 Å². The minimum Gasteiger partial charge on any atom is -0.480 e. The summed E-state index contributed by atoms with van der Waals surface area (Å²) in [5.74, 6) is -1.72. The van der Waals surface area contributed by atoms with Gasteiger partial charge in [0.15, 0.2) is 0 Å². The van der Waals surface area contributed by atoms with Crippen molar-refractivity contribution in [2.24, 2.45) is 0 Å². The van der Waals surface area contributed by atoms with E-state index in [0.29, 0.717) is 18.4 Å². The van der Waals surface area contributed by atoms with Gasteiger partial charge >= 0.3 is 5.97 Å². The number of carbonyl (C=O) groups excluding carboxylic acids is 1. The molecule has 0 fully saturated rings. The van der Waals surface area contributed by atoms with Crippen LogP contribution in [0.5, 0.6) is 0 Å². The first kappa shape index (κ1) is 19.1. The summed E-state index contributed by atoms with van der Waals surface area (Å²) >= 11 is 0. The zero-order valence-corrected chi connectivity index (χ0v) is 14.2. The summed E-state index contributed by atoms with van der Waals surface area (Å²) < 4.78 is 26.4. The number of sulfonamides is 1. The fraction of sp³-hybridized carbons (Fsp3) is 0.467. The molecule has 0 aliphatic heterocycles. The molecule has 0 aliphatic rings. The summed E-state index contributed by atoms with van der Waals surface area (Å²) in [5.41, 5.74) is 0.713. The van der Waals surface area contributed by atoms with Gasteiger partial charge in [-0.25, -0.2) is 17.9 Å². The van der Waals surface area contributed by atoms with Crippen molar-refractivity contribution in [2.45, 2.75) is 44.6 Å². The zero-order chi connectivity index (χ0) is 17.6. The van der Waals surface area contributed by atoms with E-state index in [0.717, 1.165) is 0 Å². The number of hydrogen-bond acceptors (Lipinski definition) is 4. The zero-order valence-electron chi connectivity index (χ0n) is 13.4. The summed E-state index contributed by atoms with van der Waals surface area (Å²) in [6, 6.07) is 3.19. The van der Waals surface area contributed by atoms with Crippen LogP contribution < -0.4 is 10.0 Å². The van der Waals surface area contributed by atoms with Crippen molar-refractivity contribution in [1.29, 1.82) is 0 Å². The Bertz CT molecular complexity index is 685. The number of amides is 1. The molecule has 1 rings (SSSR count). The number of carboxylic acids is 1. The Morgan fingerprint density at radius 2 is 1.91 bits per heavy atom. The Kier molecular flexibility index (Phi) is 6.71. The molecule has 1 unspecified atom stereocenters. The number of hydrogen-bond donors (Lipinski definition) is 3. The number of rotatable bonds is 8. The number of benzene rings is 1. The van der Waals surface area contributed by atoms with Gasteiger partial charge in [-0.2, -0.15) is 0 Å². The Labute approximate surface area is 136 Å². The fourth-order valence-corrected chi connectivity index (χ4v) is 3.14. The number of aliphatic carboxylic acids is 1. The highest BCUT2D eigenvalue weighted by Crippen LogP contribution is 2.16. The van der Waals surface area contributed by atoms with Crippen LogP contribution in [0.25, 0.3) is 0 Å². The van der Waals surface area contributed by atoms with E-state index in [1.165, 1.54) is 18.2 Å². The lowest BCUT2D eigenvalue weighted by Gasteiger charge is -2.15. The number of nitrogens with one attached hydrogen (secondary N) is 2. The average molecular weight is 342 g/mol. The summed E-state index contributed by atoms with van der Waals surface area (Å²) in [6.45, 7) is 5.36. The lowest BCUT2D eigenvalue weighted by atomic mass is 10.1. The molecule has 128 valence electrons. The first-order valence-corrected chi connectivity index (χ1v) is 8.85. The van der Waals surface area contributed by atoms with E-state index in [-0.39, 0.29) is 17.0 Å². The normalized spacial score (nSPS) is 12.7. The molecule has 1 amide bonds. The van der Waals surface area contributed by atoms with Gasteiger partial charge in [-0.1, -0.05) is 26.3 Å². The van der Waals surface area contributed by atoms with Gasteiger partial charge in [0.1, 0.15) is 6.04 Å². The molecule has 7 nitrogen and oxygen atoms in total. The summed E-state index contributed by atoms with van der Waals surface area (Å²) in [4.78, 5) is 23.4. The second kappa shape index (κ2) is 8.07. The van der Waals surface area contributed by atoms with Gasteiger partial charge in [0, 0.05) is 12.1 Å². The maximum absolute atomic E-state index is 12.3. The summed E-state index contributed by atoms with van der Waals surface area (Å²) in [5, 5.41) is 11.5. The van der Waals surface area contributed by atoms with Crippen LogP contribution in [0.4, 0.5) is 0 Å². The minimum absolute atomic E-state index is 0.0301. The summed E-state index contributed by atoms with van der Waals surface area (Å²) in [6.07, 6.45) is 0.903. The Morgan fingerprint density at radius 1 is 1.26 bits per heavy atom. The molecule has 0 saturated carbocycles. The second-order valence-electron chi connectivity index (χ2n) is 5.13. The molecule has 8 heteroatoms. The second-order valence-corrected chi connectivity index (χ2v) is 6.90. The third-order valence-electron chi connectivity index (χ3n) is 3.28. The largest absolute Gasteiger partial charge is 0.480 e. The van der Waals surface area contributed by atoms with Crippen molar-refractivity contribution in [3.63, 3.8) is 0 Å². The minimum atomic E-state index is -3.68. The SMILES string of the molecule is CCCC(NC(=O)c1cc(S(=O)(=O)NCC)ccc1C)C(=O)O. The lowest BCUT2D eigenvalue weighted by molar-refractivity contribution is -0.139. The Balaban J connectivity index is 3.12. The van der Waals surface area contributed by atoms with E-state index in [9.17, 15) is 18.0 Å². The molecule has 3 N–H and O–H groups in total. The Morgan fingerprint density at radius 3 is 2.43 bits per heavy atom. The van der Waals surface area contributed by atoms with Crippen LogP contribution in [0.1, 0.15) is 42.6 Å². The van der Waals surface area contributed by atoms with Gasteiger partial charge in [-0.05, 0) is 31.0 Å². The molecule has 0 radical (unpaired) electrons. The standard InChI is InChI=1S/C15H22N2O5S/c1-4-6-13(15(19)20)17-14(18)12-9-11(8-7-10(12)3)23(21,22)16-5-2/h7-9,13,16H,4-6H2,1-3H3,(H,17,18)(H,19,20). The number of aryl methyl sites for hydroxylation is 1. The molecule has 0 aromatic heterocycles. The Hall–Kier alpha value is -1.93. The number of carbonyl (C=O) groups is 2. The van der Waals surface area contributed by atoms with Crippen molar-refractivity contribution in [2.75, 3.05) is 6.54 Å². The van der Waals surface area contributed by atoms with Gasteiger partial charge in [0.05, 0.1) is 4.90 Å². The highest BCUT2D eigenvalue weighted by molar-refractivity contribution is 7.89. The molecule has 1 aromatic rings. The van der Waals surface area contributed by atoms with E-state index in [4.69, 9.17) is 5.11 Å². The molecular weight excluding hydrogens is 320 g/mol. The molecule has 1 atom stereocenters. The smallest absolute Gasteiger partial charge is 0.326 e. The van der Waals surface area contributed by atoms with Crippen LogP contribution in [-0.4, -0.2) is 38.0 Å². The molecule has 0 bridgehead atoms. The molecule has 0 saturated heterocycles. The van der Waals surface area contributed by atoms with Gasteiger partial charge in [0.2, 0.25) is 10.0 Å². The van der Waals surface area contributed by atoms with Crippen LogP contribution in [0, 0.1) is 6.92 Å². The van der Waals surface area contributed by atoms with Gasteiger partial charge in [-0.15, -0.1) is 0 Å². The molecule has 0 spiro atoms. The van der Waals surface area contributed by atoms with Crippen molar-refractivity contribution < 1.29 is 23.1 Å². The predicted molar refractivity (Wildman–Crippen MR) is 85.8 cm³/mol. The van der Waals surface area contributed by atoms with Crippen molar-refractivity contribution in [3.05, 3.63) is 29.3 Å². The fourth-order valence-electron chi connectivity index (χ4n) is 2.07. The van der Waals surface area contributed by atoms with Gasteiger partial charge < -0.3 is 10.4 Å². The third kappa shape index (κ3) is 5.04. The summed E-state index contributed by atoms with van der Waals surface area (Å²) in [7, 11) is -3.68. The monoisotopic (exact) mass is 342 g/mol. The van der Waals surface area contributed by atoms with Crippen LogP contribution in [0.15, 0.2) is 23.1 Å². The molecule has 23 heavy (non-hydrogen) atoms. The van der Waals surface area contributed by atoms with Crippen LogP contribution in [0.3, 0.4) is 0 Å². The van der Waals surface area contributed by atoms with Crippen molar-refractivity contribution >= 4 is 21.9 Å². The maximum Gasteiger partial charge on any atom is 0.326 e. The third-order valence-corrected chi connectivity index (χ3v) is 4.82. The first-order chi connectivity index (χ1) is 10.7. The van der Waals surface area contributed by atoms with Crippen LogP contribution >= 0.6 is 0 Å². The predicted octanol–water partition coefficient (Wildman–Crippen LogP) is 1.28. The highest BCUT2D eigenvalue weighted by atomic mass is 32.2. The molecule has 0 aliphatic carbocycles. The molecule has 1 aromatic carbocycles. The van der Waals surface area contributed by atoms with E-state index in [1.807, 2.05) is 6.92 Å². The quantitative estimate of drug-likeness (QED) is 0.659. The van der Waals surface area contributed by atoms with Gasteiger partial charge in [-0.3, -0.25) is 4.79 Å².